The summed E-state index contributed by atoms with van der Waals surface area (Å²) < 4.78 is 0. The Hall–Kier alpha value is -2.21. The lowest BCUT2D eigenvalue weighted by molar-refractivity contribution is -0.136. The van der Waals surface area contributed by atoms with E-state index in [4.69, 9.17) is 0 Å². The second-order valence-electron chi connectivity index (χ2n) is 6.41. The Morgan fingerprint density at radius 2 is 1.71 bits per heavy atom. The van der Waals surface area contributed by atoms with Gasteiger partial charge in [0.2, 0.25) is 11.8 Å². The smallest absolute Gasteiger partial charge is 0.238 e. The van der Waals surface area contributed by atoms with Crippen LogP contribution in [0.25, 0.3) is 0 Å². The largest absolute Gasteiger partial charge is 0.340 e. The molecule has 1 heterocycles. The molecule has 0 radical (unpaired) electrons. The van der Waals surface area contributed by atoms with Crippen LogP contribution in [0, 0.1) is 5.92 Å². The number of Topliss-reactive ketones (excluding diaryl/α,β-unsaturated/α-hetero) is 1. The van der Waals surface area contributed by atoms with Crippen LogP contribution in [0.2, 0.25) is 0 Å². The van der Waals surface area contributed by atoms with Crippen molar-refractivity contribution in [3.8, 4) is 0 Å². The molecule has 1 aliphatic heterocycles. The number of hydrogen-bond donors (Lipinski definition) is 1. The molecule has 0 aliphatic carbocycles. The van der Waals surface area contributed by atoms with Gasteiger partial charge < -0.3 is 10.2 Å². The Kier molecular flexibility index (Phi) is 6.09. The predicted molar refractivity (Wildman–Crippen MR) is 92.9 cm³/mol. The summed E-state index contributed by atoms with van der Waals surface area (Å²) in [6, 6.07) is 7.00. The van der Waals surface area contributed by atoms with Crippen molar-refractivity contribution in [1.82, 2.24) is 9.80 Å². The molecule has 1 aliphatic rings. The van der Waals surface area contributed by atoms with Crippen LogP contribution >= 0.6 is 0 Å². The van der Waals surface area contributed by atoms with E-state index in [1.54, 1.807) is 24.3 Å². The Labute approximate surface area is 142 Å². The molecule has 24 heavy (non-hydrogen) atoms. The summed E-state index contributed by atoms with van der Waals surface area (Å²) in [6.07, 6.45) is 0. The van der Waals surface area contributed by atoms with Crippen LogP contribution in [-0.4, -0.2) is 60.1 Å². The third kappa shape index (κ3) is 4.64. The molecule has 2 amide bonds. The van der Waals surface area contributed by atoms with E-state index in [0.29, 0.717) is 37.4 Å². The molecular formula is C18H25N3O3. The van der Waals surface area contributed by atoms with Crippen LogP contribution in [0.3, 0.4) is 0 Å². The summed E-state index contributed by atoms with van der Waals surface area (Å²) in [5.74, 6) is -0.0588. The fourth-order valence-corrected chi connectivity index (χ4v) is 2.78. The van der Waals surface area contributed by atoms with Gasteiger partial charge >= 0.3 is 0 Å². The zero-order valence-corrected chi connectivity index (χ0v) is 14.5. The summed E-state index contributed by atoms with van der Waals surface area (Å²) in [5, 5.41) is 2.81. The highest BCUT2D eigenvalue weighted by Gasteiger charge is 2.24. The average molecular weight is 331 g/mol. The topological polar surface area (TPSA) is 69.7 Å². The number of carbonyl (C=O) groups excluding carboxylic acids is 3. The van der Waals surface area contributed by atoms with E-state index in [1.165, 1.54) is 6.92 Å². The van der Waals surface area contributed by atoms with Crippen LogP contribution in [0.1, 0.15) is 31.1 Å². The highest BCUT2D eigenvalue weighted by molar-refractivity contribution is 6.04. The predicted octanol–water partition coefficient (Wildman–Crippen LogP) is 1.63. The number of rotatable bonds is 5. The van der Waals surface area contributed by atoms with Crippen molar-refractivity contribution in [2.75, 3.05) is 38.0 Å². The zero-order valence-electron chi connectivity index (χ0n) is 14.5. The molecule has 0 atom stereocenters. The average Bonchev–Trinajstić information content (AvgIpc) is 2.55. The van der Waals surface area contributed by atoms with E-state index in [1.807, 2.05) is 23.6 Å². The molecule has 1 N–H and O–H groups in total. The van der Waals surface area contributed by atoms with E-state index in [9.17, 15) is 14.4 Å². The highest BCUT2D eigenvalue weighted by Crippen LogP contribution is 2.15. The van der Waals surface area contributed by atoms with Crippen molar-refractivity contribution in [2.24, 2.45) is 5.92 Å². The zero-order chi connectivity index (χ0) is 17.7. The number of para-hydroxylation sites is 1. The molecule has 2 rings (SSSR count). The first-order chi connectivity index (χ1) is 11.4. The first-order valence-corrected chi connectivity index (χ1v) is 8.29. The van der Waals surface area contributed by atoms with E-state index in [-0.39, 0.29) is 30.1 Å². The summed E-state index contributed by atoms with van der Waals surface area (Å²) >= 11 is 0. The van der Waals surface area contributed by atoms with Crippen molar-refractivity contribution in [3.05, 3.63) is 29.8 Å². The third-order valence-corrected chi connectivity index (χ3v) is 4.13. The van der Waals surface area contributed by atoms with Gasteiger partial charge in [-0.25, -0.2) is 0 Å². The van der Waals surface area contributed by atoms with Crippen LogP contribution in [0.15, 0.2) is 24.3 Å². The van der Waals surface area contributed by atoms with Gasteiger partial charge in [-0.15, -0.1) is 0 Å². The Bertz CT molecular complexity index is 620. The molecule has 0 spiro atoms. The summed E-state index contributed by atoms with van der Waals surface area (Å²) in [5.41, 5.74) is 1.06. The Morgan fingerprint density at radius 1 is 1.08 bits per heavy atom. The van der Waals surface area contributed by atoms with Crippen LogP contribution in [-0.2, 0) is 9.59 Å². The molecule has 0 bridgehead atoms. The number of benzene rings is 1. The second-order valence-corrected chi connectivity index (χ2v) is 6.41. The lowest BCUT2D eigenvalue weighted by Crippen LogP contribution is -2.51. The maximum absolute atomic E-state index is 12.2. The SMILES string of the molecule is CC(=O)c1ccccc1NC(=O)CN1CCN(C(=O)C(C)C)CC1. The molecule has 1 aromatic carbocycles. The number of nitrogens with zero attached hydrogens (tertiary/aromatic N) is 2. The van der Waals surface area contributed by atoms with Gasteiger partial charge in [0.25, 0.3) is 0 Å². The summed E-state index contributed by atoms with van der Waals surface area (Å²) in [6.45, 7) is 8.19. The quantitative estimate of drug-likeness (QED) is 0.833. The normalized spacial score (nSPS) is 15.4. The number of anilines is 1. The maximum Gasteiger partial charge on any atom is 0.238 e. The van der Waals surface area contributed by atoms with Crippen molar-refractivity contribution in [1.29, 1.82) is 0 Å². The van der Waals surface area contributed by atoms with E-state index in [0.717, 1.165) is 0 Å². The first kappa shape index (κ1) is 18.1. The van der Waals surface area contributed by atoms with E-state index < -0.39 is 0 Å². The van der Waals surface area contributed by atoms with Crippen LogP contribution < -0.4 is 5.32 Å². The molecular weight excluding hydrogens is 306 g/mol. The number of ketones is 1. The van der Waals surface area contributed by atoms with Gasteiger partial charge in [0.15, 0.2) is 5.78 Å². The molecule has 1 saturated heterocycles. The van der Waals surface area contributed by atoms with Crippen molar-refractivity contribution < 1.29 is 14.4 Å². The van der Waals surface area contributed by atoms with Crippen molar-refractivity contribution in [3.63, 3.8) is 0 Å². The van der Waals surface area contributed by atoms with Crippen molar-refractivity contribution in [2.45, 2.75) is 20.8 Å². The highest BCUT2D eigenvalue weighted by atomic mass is 16.2. The second kappa shape index (κ2) is 8.06. The number of amides is 2. The Morgan fingerprint density at radius 3 is 2.29 bits per heavy atom. The monoisotopic (exact) mass is 331 g/mol. The Balaban J connectivity index is 1.86. The number of carbonyl (C=O) groups is 3. The molecule has 1 aromatic rings. The van der Waals surface area contributed by atoms with Gasteiger partial charge in [-0.05, 0) is 19.1 Å². The molecule has 0 aromatic heterocycles. The minimum Gasteiger partial charge on any atom is -0.340 e. The van der Waals surface area contributed by atoms with Gasteiger partial charge in [0.1, 0.15) is 0 Å². The number of hydrogen-bond acceptors (Lipinski definition) is 4. The van der Waals surface area contributed by atoms with Gasteiger partial charge in [-0.2, -0.15) is 0 Å². The first-order valence-electron chi connectivity index (χ1n) is 8.29. The fraction of sp³-hybridized carbons (Fsp3) is 0.500. The van der Waals surface area contributed by atoms with Crippen LogP contribution in [0.4, 0.5) is 5.69 Å². The molecule has 0 unspecified atom stereocenters. The molecule has 6 nitrogen and oxygen atoms in total. The molecule has 0 saturated carbocycles. The molecule has 1 fully saturated rings. The van der Waals surface area contributed by atoms with Gasteiger partial charge in [-0.3, -0.25) is 19.3 Å². The fourth-order valence-electron chi connectivity index (χ4n) is 2.78. The van der Waals surface area contributed by atoms with Gasteiger partial charge in [0, 0.05) is 37.7 Å². The molecule has 130 valence electrons. The lowest BCUT2D eigenvalue weighted by Gasteiger charge is -2.35. The summed E-state index contributed by atoms with van der Waals surface area (Å²) in [7, 11) is 0. The third-order valence-electron chi connectivity index (χ3n) is 4.13. The number of nitrogens with one attached hydrogen (secondary N) is 1. The number of piperazine rings is 1. The summed E-state index contributed by atoms with van der Waals surface area (Å²) in [4.78, 5) is 39.7. The van der Waals surface area contributed by atoms with E-state index >= 15 is 0 Å². The molecule has 6 heteroatoms. The van der Waals surface area contributed by atoms with Crippen LogP contribution in [0.5, 0.6) is 0 Å². The van der Waals surface area contributed by atoms with Gasteiger partial charge in [-0.1, -0.05) is 26.0 Å². The van der Waals surface area contributed by atoms with Crippen molar-refractivity contribution >= 4 is 23.3 Å². The minimum absolute atomic E-state index is 0.00271. The van der Waals surface area contributed by atoms with E-state index in [2.05, 4.69) is 5.32 Å². The standard InChI is InChI=1S/C18H25N3O3/c1-13(2)18(24)21-10-8-20(9-11-21)12-17(23)19-16-7-5-4-6-15(16)14(3)22/h4-7,13H,8-12H2,1-3H3,(H,19,23). The maximum atomic E-state index is 12.2. The minimum atomic E-state index is -0.146. The lowest BCUT2D eigenvalue weighted by atomic mass is 10.1. The van der Waals surface area contributed by atoms with Gasteiger partial charge in [0.05, 0.1) is 12.2 Å².